The summed E-state index contributed by atoms with van der Waals surface area (Å²) in [5.41, 5.74) is 5.07. The van der Waals surface area contributed by atoms with Crippen molar-refractivity contribution in [1.29, 1.82) is 0 Å². The average Bonchev–Trinajstić information content (AvgIpc) is 2.62. The van der Waals surface area contributed by atoms with Crippen molar-refractivity contribution in [3.63, 3.8) is 0 Å². The highest BCUT2D eigenvalue weighted by Crippen LogP contribution is 2.50. The zero-order valence-electron chi connectivity index (χ0n) is 17.0. The average molecular weight is 421 g/mol. The van der Waals surface area contributed by atoms with E-state index in [-0.39, 0.29) is 5.92 Å². The Labute approximate surface area is 167 Å². The minimum atomic E-state index is 0.243. The molecule has 144 valence electrons. The number of hydrogen-bond donors (Lipinski definition) is 0. The van der Waals surface area contributed by atoms with Gasteiger partial charge in [0.15, 0.2) is 0 Å². The van der Waals surface area contributed by atoms with Crippen LogP contribution in [0.4, 0.5) is 0 Å². The maximum absolute atomic E-state index is 5.90. The highest BCUT2D eigenvalue weighted by Gasteiger charge is 2.32. The maximum atomic E-state index is 5.90. The van der Waals surface area contributed by atoms with Gasteiger partial charge in [0.1, 0.15) is 11.5 Å². The maximum Gasteiger partial charge on any atom is 0.140 e. The number of ether oxygens (including phenoxy) is 2. The fourth-order valence-corrected chi connectivity index (χ4v) is 4.70. The quantitative estimate of drug-likeness (QED) is 0.326. The van der Waals surface area contributed by atoms with Gasteiger partial charge in [-0.2, -0.15) is 0 Å². The molecule has 1 aromatic rings. The topological polar surface area (TPSA) is 18.5 Å². The number of aryl methyl sites for hydroxylation is 1. The van der Waals surface area contributed by atoms with E-state index in [1.54, 1.807) is 14.2 Å². The molecular formula is C23H33BrO2. The van der Waals surface area contributed by atoms with E-state index < -0.39 is 0 Å². The van der Waals surface area contributed by atoms with E-state index >= 15 is 0 Å². The molecule has 0 bridgehead atoms. The summed E-state index contributed by atoms with van der Waals surface area (Å²) in [4.78, 5) is 0. The van der Waals surface area contributed by atoms with Crippen molar-refractivity contribution >= 4 is 15.9 Å². The molecule has 2 nitrogen and oxygen atoms in total. The third-order valence-electron chi connectivity index (χ3n) is 5.48. The van der Waals surface area contributed by atoms with Crippen molar-refractivity contribution < 1.29 is 9.47 Å². The molecule has 0 saturated carbocycles. The Hall–Kier alpha value is -1.22. The normalized spacial score (nSPS) is 19.8. The zero-order chi connectivity index (χ0) is 19.3. The second-order valence-electron chi connectivity index (χ2n) is 7.49. The lowest BCUT2D eigenvalue weighted by atomic mass is 9.73. The Morgan fingerprint density at radius 2 is 2.00 bits per heavy atom. The summed E-state index contributed by atoms with van der Waals surface area (Å²) in [6, 6.07) is 2.20. The number of methoxy groups -OCH3 is 2. The van der Waals surface area contributed by atoms with E-state index in [0.717, 1.165) is 40.8 Å². The number of halogens is 1. The van der Waals surface area contributed by atoms with Gasteiger partial charge in [0.05, 0.1) is 18.7 Å². The molecule has 0 heterocycles. The Bertz CT molecular complexity index is 675. The number of allylic oxidation sites excluding steroid dienone is 3. The molecule has 0 saturated heterocycles. The van der Waals surface area contributed by atoms with Gasteiger partial charge in [0.25, 0.3) is 0 Å². The first kappa shape index (κ1) is 21.1. The predicted molar refractivity (Wildman–Crippen MR) is 115 cm³/mol. The Morgan fingerprint density at radius 1 is 1.27 bits per heavy atom. The minimum Gasteiger partial charge on any atom is -0.496 e. The first-order valence-corrected chi connectivity index (χ1v) is 10.5. The van der Waals surface area contributed by atoms with Crippen LogP contribution >= 0.6 is 15.9 Å². The molecule has 0 fully saturated rings. The van der Waals surface area contributed by atoms with Crippen LogP contribution < -0.4 is 9.47 Å². The smallest absolute Gasteiger partial charge is 0.140 e. The van der Waals surface area contributed by atoms with Gasteiger partial charge in [0, 0.05) is 11.5 Å². The third kappa shape index (κ3) is 4.54. The van der Waals surface area contributed by atoms with Crippen molar-refractivity contribution in [2.24, 2.45) is 5.92 Å². The summed E-state index contributed by atoms with van der Waals surface area (Å²) in [6.07, 6.45) is 9.31. The van der Waals surface area contributed by atoms with Crippen LogP contribution in [0, 0.1) is 5.92 Å². The van der Waals surface area contributed by atoms with Crippen LogP contribution in [0.3, 0.4) is 0 Å². The SMILES string of the molecule is C=C(C)C1CCC(C)=CC1c1c(OC)cc(CCCCC)c(Br)c1OC. The van der Waals surface area contributed by atoms with Crippen molar-refractivity contribution in [1.82, 2.24) is 0 Å². The highest BCUT2D eigenvalue weighted by atomic mass is 79.9. The molecule has 1 aliphatic rings. The van der Waals surface area contributed by atoms with Crippen molar-refractivity contribution in [2.45, 2.75) is 65.2 Å². The number of benzene rings is 1. The van der Waals surface area contributed by atoms with E-state index in [4.69, 9.17) is 9.47 Å². The predicted octanol–water partition coefficient (Wildman–Crippen LogP) is 7.22. The first-order chi connectivity index (χ1) is 12.4. The molecule has 3 heteroatoms. The Balaban J connectivity index is 2.57. The molecule has 0 aliphatic heterocycles. The van der Waals surface area contributed by atoms with Gasteiger partial charge in [-0.25, -0.2) is 0 Å². The van der Waals surface area contributed by atoms with E-state index in [1.165, 1.54) is 36.0 Å². The van der Waals surface area contributed by atoms with Crippen molar-refractivity contribution in [3.05, 3.63) is 45.5 Å². The summed E-state index contributed by atoms with van der Waals surface area (Å²) < 4.78 is 12.8. The fourth-order valence-electron chi connectivity index (χ4n) is 4.01. The first-order valence-electron chi connectivity index (χ1n) is 9.70. The summed E-state index contributed by atoms with van der Waals surface area (Å²) in [7, 11) is 3.52. The summed E-state index contributed by atoms with van der Waals surface area (Å²) in [5, 5.41) is 0. The highest BCUT2D eigenvalue weighted by molar-refractivity contribution is 9.10. The lowest BCUT2D eigenvalue weighted by Crippen LogP contribution is -2.18. The summed E-state index contributed by atoms with van der Waals surface area (Å²) >= 11 is 3.82. The molecule has 26 heavy (non-hydrogen) atoms. The van der Waals surface area contributed by atoms with Gasteiger partial charge < -0.3 is 9.47 Å². The Kier molecular flexibility index (Phi) is 7.82. The van der Waals surface area contributed by atoms with Crippen LogP contribution in [0.1, 0.15) is 69.9 Å². The molecule has 1 aromatic carbocycles. The molecule has 0 aromatic heterocycles. The molecular weight excluding hydrogens is 388 g/mol. The van der Waals surface area contributed by atoms with Gasteiger partial charge >= 0.3 is 0 Å². The van der Waals surface area contributed by atoms with Crippen LogP contribution in [-0.2, 0) is 6.42 Å². The van der Waals surface area contributed by atoms with Gasteiger partial charge in [-0.05, 0) is 73.0 Å². The standard InChI is InChI=1S/C23H33BrO2/c1-7-8-9-10-17-14-20(25-5)21(23(26-6)22(17)24)19-13-16(4)11-12-18(19)15(2)3/h13-14,18-19H,2,7-12H2,1,3-6H3. The monoisotopic (exact) mass is 420 g/mol. The van der Waals surface area contributed by atoms with E-state index in [2.05, 4.69) is 55.4 Å². The van der Waals surface area contributed by atoms with E-state index in [9.17, 15) is 0 Å². The Morgan fingerprint density at radius 3 is 2.58 bits per heavy atom. The van der Waals surface area contributed by atoms with Crippen LogP contribution in [0.15, 0.2) is 34.3 Å². The second kappa shape index (κ2) is 9.64. The van der Waals surface area contributed by atoms with E-state index in [1.807, 2.05) is 0 Å². The number of rotatable bonds is 8. The largest absolute Gasteiger partial charge is 0.496 e. The van der Waals surface area contributed by atoms with Gasteiger partial charge in [-0.1, -0.05) is 43.6 Å². The lowest BCUT2D eigenvalue weighted by molar-refractivity contribution is 0.366. The molecule has 1 aliphatic carbocycles. The van der Waals surface area contributed by atoms with Gasteiger partial charge in [-0.3, -0.25) is 0 Å². The van der Waals surface area contributed by atoms with Crippen molar-refractivity contribution in [3.8, 4) is 11.5 Å². The number of unbranched alkanes of at least 4 members (excludes halogenated alkanes) is 2. The minimum absolute atomic E-state index is 0.243. The molecule has 2 atom stereocenters. The second-order valence-corrected chi connectivity index (χ2v) is 8.28. The fraction of sp³-hybridized carbons (Fsp3) is 0.565. The third-order valence-corrected chi connectivity index (χ3v) is 6.35. The van der Waals surface area contributed by atoms with Crippen molar-refractivity contribution in [2.75, 3.05) is 14.2 Å². The van der Waals surface area contributed by atoms with Gasteiger partial charge in [-0.15, -0.1) is 0 Å². The molecule has 2 unspecified atom stereocenters. The zero-order valence-corrected chi connectivity index (χ0v) is 18.5. The molecule has 0 spiro atoms. The van der Waals surface area contributed by atoms with Gasteiger partial charge in [0.2, 0.25) is 0 Å². The van der Waals surface area contributed by atoms with Crippen LogP contribution in [0.2, 0.25) is 0 Å². The lowest BCUT2D eigenvalue weighted by Gasteiger charge is -2.33. The molecule has 0 amide bonds. The van der Waals surface area contributed by atoms with Crippen LogP contribution in [0.25, 0.3) is 0 Å². The van der Waals surface area contributed by atoms with Crippen LogP contribution in [-0.4, -0.2) is 14.2 Å². The molecule has 2 rings (SSSR count). The molecule has 0 radical (unpaired) electrons. The van der Waals surface area contributed by atoms with Crippen LogP contribution in [0.5, 0.6) is 11.5 Å². The molecule has 0 N–H and O–H groups in total. The van der Waals surface area contributed by atoms with E-state index in [0.29, 0.717) is 5.92 Å². The summed E-state index contributed by atoms with van der Waals surface area (Å²) in [5.74, 6) is 2.50. The number of hydrogen-bond acceptors (Lipinski definition) is 2. The summed E-state index contributed by atoms with van der Waals surface area (Å²) in [6.45, 7) is 10.8.